The number of hydrogen-bond donors (Lipinski definition) is 1. The highest BCUT2D eigenvalue weighted by Crippen LogP contribution is 2.35. The Balaban J connectivity index is 1.12. The predicted octanol–water partition coefficient (Wildman–Crippen LogP) is 5.05. The third kappa shape index (κ3) is 7.80. The standard InChI is InChI=1S/C37H47N3O5/c1-42-19-6-16-39-18-20-44-35-14-9-29(22-34(35)39)26-45-36-24-38-33(23-32(36)30-10-12-31(43-2)13-11-30)37(41)40-17-15-28(25-40)21-27-7-4-3-5-8-27/h3-5,7-14,22,28,32-33,36,38H,6,15-21,23-26H2,1-2H3/t28?,32?,33-,36-/m0/s1. The smallest absolute Gasteiger partial charge is 0.239 e. The molecule has 45 heavy (non-hydrogen) atoms. The summed E-state index contributed by atoms with van der Waals surface area (Å²) in [5, 5.41) is 3.57. The fraction of sp³-hybridized carbons (Fsp3) is 0.486. The molecule has 1 N–H and O–H groups in total. The maximum Gasteiger partial charge on any atom is 0.239 e. The predicted molar refractivity (Wildman–Crippen MR) is 176 cm³/mol. The van der Waals surface area contributed by atoms with E-state index in [2.05, 4.69) is 75.8 Å². The summed E-state index contributed by atoms with van der Waals surface area (Å²) in [6.45, 7) is 5.99. The van der Waals surface area contributed by atoms with Crippen LogP contribution in [0.1, 0.15) is 41.9 Å². The first-order valence-electron chi connectivity index (χ1n) is 16.4. The Hall–Kier alpha value is -3.59. The van der Waals surface area contributed by atoms with Crippen molar-refractivity contribution < 1.29 is 23.7 Å². The molecule has 0 radical (unpaired) electrons. The van der Waals surface area contributed by atoms with Crippen LogP contribution in [0.15, 0.2) is 72.8 Å². The van der Waals surface area contributed by atoms with Gasteiger partial charge in [-0.25, -0.2) is 0 Å². The Bertz CT molecular complexity index is 1380. The second kappa shape index (κ2) is 15.1. The molecule has 1 amide bonds. The monoisotopic (exact) mass is 613 g/mol. The molecular weight excluding hydrogens is 566 g/mol. The van der Waals surface area contributed by atoms with E-state index in [0.29, 0.717) is 32.1 Å². The lowest BCUT2D eigenvalue weighted by Crippen LogP contribution is -2.54. The van der Waals surface area contributed by atoms with Crippen molar-refractivity contribution in [3.63, 3.8) is 0 Å². The molecule has 3 aromatic rings. The van der Waals surface area contributed by atoms with Crippen LogP contribution in [0.5, 0.6) is 11.5 Å². The normalized spacial score (nSPS) is 23.0. The molecule has 2 fully saturated rings. The van der Waals surface area contributed by atoms with Gasteiger partial charge in [0.25, 0.3) is 0 Å². The van der Waals surface area contributed by atoms with Crippen molar-refractivity contribution in [3.8, 4) is 11.5 Å². The number of fused-ring (bicyclic) bond motifs is 1. The molecule has 8 nitrogen and oxygen atoms in total. The van der Waals surface area contributed by atoms with E-state index in [1.807, 2.05) is 12.1 Å². The second-order valence-corrected chi connectivity index (χ2v) is 12.5. The number of ether oxygens (including phenoxy) is 4. The van der Waals surface area contributed by atoms with Gasteiger partial charge < -0.3 is 34.1 Å². The summed E-state index contributed by atoms with van der Waals surface area (Å²) in [5.74, 6) is 2.55. The first-order valence-corrected chi connectivity index (χ1v) is 16.4. The Labute approximate surface area is 267 Å². The van der Waals surface area contributed by atoms with E-state index in [0.717, 1.165) is 74.8 Å². The quantitative estimate of drug-likeness (QED) is 0.287. The summed E-state index contributed by atoms with van der Waals surface area (Å²) >= 11 is 0. The van der Waals surface area contributed by atoms with Crippen LogP contribution in [0.4, 0.5) is 5.69 Å². The van der Waals surface area contributed by atoms with Crippen molar-refractivity contribution >= 4 is 11.6 Å². The zero-order valence-corrected chi connectivity index (χ0v) is 26.7. The molecule has 4 atom stereocenters. The Kier molecular flexibility index (Phi) is 10.6. The fourth-order valence-electron chi connectivity index (χ4n) is 7.07. The number of likely N-dealkylation sites (tertiary alicyclic amines) is 1. The van der Waals surface area contributed by atoms with Gasteiger partial charge in [0.05, 0.1) is 38.1 Å². The molecule has 3 heterocycles. The maximum atomic E-state index is 13.8. The maximum absolute atomic E-state index is 13.8. The third-order valence-electron chi connectivity index (χ3n) is 9.53. The number of nitrogens with one attached hydrogen (secondary N) is 1. The summed E-state index contributed by atoms with van der Waals surface area (Å²) in [6.07, 6.45) is 3.67. The van der Waals surface area contributed by atoms with E-state index >= 15 is 0 Å². The molecule has 0 saturated carbocycles. The average molecular weight is 614 g/mol. The number of carbonyl (C=O) groups excluding carboxylic acids is 1. The van der Waals surface area contributed by atoms with E-state index in [1.165, 1.54) is 11.1 Å². The van der Waals surface area contributed by atoms with Gasteiger partial charge in [0.2, 0.25) is 5.91 Å². The van der Waals surface area contributed by atoms with Gasteiger partial charge in [-0.05, 0) is 72.6 Å². The molecule has 6 rings (SSSR count). The van der Waals surface area contributed by atoms with E-state index in [-0.39, 0.29) is 24.0 Å². The first kappa shape index (κ1) is 31.4. The number of carbonyl (C=O) groups is 1. The SMILES string of the molecule is COCCCN1CCOc2ccc(CO[C@H]3CN[C@H](C(=O)N4CCC(Cc5ccccc5)C4)CC3c3ccc(OC)cc3)cc21. The number of rotatable bonds is 12. The van der Waals surface area contributed by atoms with Crippen LogP contribution >= 0.6 is 0 Å². The van der Waals surface area contributed by atoms with E-state index in [4.69, 9.17) is 18.9 Å². The van der Waals surface area contributed by atoms with Crippen LogP contribution < -0.4 is 19.7 Å². The van der Waals surface area contributed by atoms with Crippen molar-refractivity contribution in [2.45, 2.75) is 50.4 Å². The van der Waals surface area contributed by atoms with Crippen molar-refractivity contribution in [2.24, 2.45) is 5.92 Å². The molecule has 3 aromatic carbocycles. The summed E-state index contributed by atoms with van der Waals surface area (Å²) in [6, 6.07) is 25.0. The molecule has 8 heteroatoms. The number of hydrogen-bond acceptors (Lipinski definition) is 7. The molecule has 0 aromatic heterocycles. The molecule has 3 aliphatic heterocycles. The molecule has 0 bridgehead atoms. The number of nitrogens with zero attached hydrogens (tertiary/aromatic N) is 2. The van der Waals surface area contributed by atoms with Gasteiger partial charge >= 0.3 is 0 Å². The zero-order valence-electron chi connectivity index (χ0n) is 26.7. The molecular formula is C37H47N3O5. The minimum absolute atomic E-state index is 0.0723. The van der Waals surface area contributed by atoms with Crippen molar-refractivity contribution in [3.05, 3.63) is 89.5 Å². The lowest BCUT2D eigenvalue weighted by atomic mass is 9.83. The molecule has 2 unspecified atom stereocenters. The van der Waals surface area contributed by atoms with Crippen LogP contribution in [0.2, 0.25) is 0 Å². The summed E-state index contributed by atoms with van der Waals surface area (Å²) in [5.41, 5.74) is 4.75. The number of methoxy groups -OCH3 is 2. The Morgan fingerprint density at radius 1 is 1.00 bits per heavy atom. The van der Waals surface area contributed by atoms with Crippen molar-refractivity contribution in [1.82, 2.24) is 10.2 Å². The van der Waals surface area contributed by atoms with Crippen LogP contribution in [-0.4, -0.2) is 83.1 Å². The van der Waals surface area contributed by atoms with Crippen LogP contribution in [0.3, 0.4) is 0 Å². The number of piperidine rings is 1. The minimum Gasteiger partial charge on any atom is -0.497 e. The largest absolute Gasteiger partial charge is 0.497 e. The lowest BCUT2D eigenvalue weighted by molar-refractivity contribution is -0.134. The minimum atomic E-state index is -0.228. The topological polar surface area (TPSA) is 72.5 Å². The molecule has 2 saturated heterocycles. The van der Waals surface area contributed by atoms with Crippen LogP contribution in [-0.2, 0) is 27.3 Å². The van der Waals surface area contributed by atoms with Gasteiger partial charge in [0, 0.05) is 45.8 Å². The van der Waals surface area contributed by atoms with Crippen LogP contribution in [0, 0.1) is 5.92 Å². The van der Waals surface area contributed by atoms with Gasteiger partial charge in [-0.2, -0.15) is 0 Å². The van der Waals surface area contributed by atoms with E-state index in [9.17, 15) is 4.79 Å². The summed E-state index contributed by atoms with van der Waals surface area (Å²) in [4.78, 5) is 18.3. The van der Waals surface area contributed by atoms with E-state index in [1.54, 1.807) is 14.2 Å². The molecule has 3 aliphatic rings. The van der Waals surface area contributed by atoms with Gasteiger partial charge in [0.1, 0.15) is 18.1 Å². The van der Waals surface area contributed by atoms with Crippen molar-refractivity contribution in [1.29, 1.82) is 0 Å². The highest BCUT2D eigenvalue weighted by atomic mass is 16.5. The number of amides is 1. The van der Waals surface area contributed by atoms with Gasteiger partial charge in [-0.1, -0.05) is 48.5 Å². The molecule has 0 spiro atoms. The Morgan fingerprint density at radius 3 is 2.64 bits per heavy atom. The van der Waals surface area contributed by atoms with Gasteiger partial charge in [-0.15, -0.1) is 0 Å². The van der Waals surface area contributed by atoms with Gasteiger partial charge in [0.15, 0.2) is 0 Å². The fourth-order valence-corrected chi connectivity index (χ4v) is 7.07. The molecule has 240 valence electrons. The Morgan fingerprint density at radius 2 is 1.84 bits per heavy atom. The third-order valence-corrected chi connectivity index (χ3v) is 9.53. The zero-order chi connectivity index (χ0) is 31.0. The number of benzene rings is 3. The summed E-state index contributed by atoms with van der Waals surface area (Å²) in [7, 11) is 3.43. The highest BCUT2D eigenvalue weighted by molar-refractivity contribution is 5.82. The van der Waals surface area contributed by atoms with Gasteiger partial charge in [-0.3, -0.25) is 4.79 Å². The van der Waals surface area contributed by atoms with E-state index < -0.39 is 0 Å². The first-order chi connectivity index (χ1) is 22.1. The lowest BCUT2D eigenvalue weighted by Gasteiger charge is -2.38. The second-order valence-electron chi connectivity index (χ2n) is 12.5. The van der Waals surface area contributed by atoms with Crippen LogP contribution in [0.25, 0.3) is 0 Å². The molecule has 0 aliphatic carbocycles. The van der Waals surface area contributed by atoms with Crippen molar-refractivity contribution in [2.75, 3.05) is 65.1 Å². The summed E-state index contributed by atoms with van der Waals surface area (Å²) < 4.78 is 23.3. The number of anilines is 1. The average Bonchev–Trinajstić information content (AvgIpc) is 3.56. The highest BCUT2D eigenvalue weighted by Gasteiger charge is 2.38.